The zero-order valence-corrected chi connectivity index (χ0v) is 8.92. The number of aliphatic hydroxyl groups excluding tert-OH is 1. The molecule has 0 spiro atoms. The molecule has 1 heterocycles. The normalized spacial score (nSPS) is 22.1. The second kappa shape index (κ2) is 4.07. The van der Waals surface area contributed by atoms with Crippen LogP contribution >= 0.6 is 23.2 Å². The highest BCUT2D eigenvalue weighted by Gasteiger charge is 2.27. The van der Waals surface area contributed by atoms with Crippen molar-refractivity contribution >= 4 is 23.2 Å². The Hall–Kier alpha value is -0.280. The highest BCUT2D eigenvalue weighted by atomic mass is 35.5. The van der Waals surface area contributed by atoms with E-state index in [2.05, 4.69) is 0 Å². The van der Waals surface area contributed by atoms with Gasteiger partial charge in [0, 0.05) is 12.0 Å². The fourth-order valence-electron chi connectivity index (χ4n) is 1.36. The summed E-state index contributed by atoms with van der Waals surface area (Å²) in [5.41, 5.74) is 0.676. The molecule has 2 unspecified atom stereocenters. The van der Waals surface area contributed by atoms with Crippen LogP contribution < -0.4 is 0 Å². The lowest BCUT2D eigenvalue weighted by Gasteiger charge is -2.11. The Balaban J connectivity index is 2.16. The van der Waals surface area contributed by atoms with Gasteiger partial charge in [0.25, 0.3) is 0 Å². The number of rotatable bonds is 3. The molecule has 4 heteroatoms. The Morgan fingerprint density at radius 1 is 1.50 bits per heavy atom. The molecule has 0 amide bonds. The molecule has 14 heavy (non-hydrogen) atoms. The highest BCUT2D eigenvalue weighted by Crippen LogP contribution is 2.33. The Bertz CT molecular complexity index is 337. The van der Waals surface area contributed by atoms with Gasteiger partial charge in [-0.1, -0.05) is 35.3 Å². The van der Waals surface area contributed by atoms with E-state index in [1.807, 2.05) is 0 Å². The predicted molar refractivity (Wildman–Crippen MR) is 55.8 cm³/mol. The van der Waals surface area contributed by atoms with Gasteiger partial charge in [0.2, 0.25) is 0 Å². The lowest BCUT2D eigenvalue weighted by atomic mass is 10.1. The predicted octanol–water partition coefficient (Wildman–Crippen LogP) is 2.82. The number of hydrogen-bond donors (Lipinski definition) is 1. The van der Waals surface area contributed by atoms with Crippen LogP contribution in [0.1, 0.15) is 18.1 Å². The van der Waals surface area contributed by atoms with E-state index in [0.717, 1.165) is 6.61 Å². The van der Waals surface area contributed by atoms with Crippen LogP contribution in [0.4, 0.5) is 0 Å². The highest BCUT2D eigenvalue weighted by molar-refractivity contribution is 6.42. The fourth-order valence-corrected chi connectivity index (χ4v) is 1.79. The summed E-state index contributed by atoms with van der Waals surface area (Å²) in [6.45, 7) is 0.731. The van der Waals surface area contributed by atoms with Crippen molar-refractivity contribution in [3.05, 3.63) is 33.8 Å². The first-order valence-electron chi connectivity index (χ1n) is 4.42. The van der Waals surface area contributed by atoms with Gasteiger partial charge in [-0.25, -0.2) is 0 Å². The van der Waals surface area contributed by atoms with Crippen LogP contribution in [-0.4, -0.2) is 17.8 Å². The molecule has 0 bridgehead atoms. The molecule has 1 aliphatic heterocycles. The molecule has 1 fully saturated rings. The van der Waals surface area contributed by atoms with Crippen LogP contribution in [-0.2, 0) is 4.74 Å². The minimum atomic E-state index is -0.589. The summed E-state index contributed by atoms with van der Waals surface area (Å²) in [4.78, 5) is 0. The van der Waals surface area contributed by atoms with Crippen molar-refractivity contribution in [2.45, 2.75) is 18.6 Å². The molecular weight excluding hydrogens is 223 g/mol. The van der Waals surface area contributed by atoms with E-state index in [9.17, 15) is 5.11 Å². The van der Waals surface area contributed by atoms with E-state index in [1.54, 1.807) is 18.2 Å². The van der Waals surface area contributed by atoms with Gasteiger partial charge in [-0.15, -0.1) is 0 Å². The fraction of sp³-hybridized carbons (Fsp3) is 0.400. The number of aliphatic hydroxyl groups is 1. The van der Waals surface area contributed by atoms with Crippen molar-refractivity contribution in [1.82, 2.24) is 0 Å². The average molecular weight is 233 g/mol. The van der Waals surface area contributed by atoms with Crippen LogP contribution in [0.15, 0.2) is 18.2 Å². The van der Waals surface area contributed by atoms with Gasteiger partial charge in [-0.2, -0.15) is 0 Å². The maximum absolute atomic E-state index is 9.81. The van der Waals surface area contributed by atoms with Gasteiger partial charge >= 0.3 is 0 Å². The van der Waals surface area contributed by atoms with Crippen LogP contribution in [0.5, 0.6) is 0 Å². The summed E-state index contributed by atoms with van der Waals surface area (Å²) in [5, 5.41) is 10.7. The quantitative estimate of drug-likeness (QED) is 0.814. The number of epoxide rings is 1. The van der Waals surface area contributed by atoms with Crippen molar-refractivity contribution in [2.75, 3.05) is 6.61 Å². The van der Waals surface area contributed by atoms with Gasteiger partial charge in [0.15, 0.2) is 0 Å². The minimum absolute atomic E-state index is 0.181. The molecule has 2 nitrogen and oxygen atoms in total. The number of hydrogen-bond acceptors (Lipinski definition) is 2. The van der Waals surface area contributed by atoms with E-state index in [-0.39, 0.29) is 6.10 Å². The smallest absolute Gasteiger partial charge is 0.0837 e. The third-order valence-electron chi connectivity index (χ3n) is 2.23. The summed E-state index contributed by atoms with van der Waals surface area (Å²) < 4.78 is 5.03. The first-order chi connectivity index (χ1) is 6.68. The van der Waals surface area contributed by atoms with Crippen molar-refractivity contribution in [3.63, 3.8) is 0 Å². The van der Waals surface area contributed by atoms with E-state index in [1.165, 1.54) is 0 Å². The third-order valence-corrected chi connectivity index (χ3v) is 3.06. The summed E-state index contributed by atoms with van der Waals surface area (Å²) in [7, 11) is 0. The largest absolute Gasteiger partial charge is 0.388 e. The van der Waals surface area contributed by atoms with Crippen LogP contribution in [0.3, 0.4) is 0 Å². The lowest BCUT2D eigenvalue weighted by Crippen LogP contribution is -2.02. The first kappa shape index (κ1) is 10.2. The molecule has 2 rings (SSSR count). The van der Waals surface area contributed by atoms with Gasteiger partial charge in [0.05, 0.1) is 28.9 Å². The van der Waals surface area contributed by atoms with Gasteiger partial charge in [-0.05, 0) is 6.07 Å². The van der Waals surface area contributed by atoms with Crippen molar-refractivity contribution in [3.8, 4) is 0 Å². The van der Waals surface area contributed by atoms with Crippen LogP contribution in [0.25, 0.3) is 0 Å². The van der Waals surface area contributed by atoms with Crippen molar-refractivity contribution in [1.29, 1.82) is 0 Å². The second-order valence-corrected chi connectivity index (χ2v) is 4.14. The summed E-state index contributed by atoms with van der Waals surface area (Å²) >= 11 is 11.8. The summed E-state index contributed by atoms with van der Waals surface area (Å²) in [5.74, 6) is 0. The van der Waals surface area contributed by atoms with Gasteiger partial charge in [-0.3, -0.25) is 0 Å². The Morgan fingerprint density at radius 3 is 2.86 bits per heavy atom. The van der Waals surface area contributed by atoms with Crippen LogP contribution in [0.2, 0.25) is 10.0 Å². The molecule has 1 saturated heterocycles. The molecule has 76 valence electrons. The number of ether oxygens (including phenoxy) is 1. The van der Waals surface area contributed by atoms with Crippen LogP contribution in [0, 0.1) is 0 Å². The maximum Gasteiger partial charge on any atom is 0.0837 e. The molecule has 1 aromatic rings. The monoisotopic (exact) mass is 232 g/mol. The molecule has 0 aromatic heterocycles. The first-order valence-corrected chi connectivity index (χ1v) is 5.17. The number of benzene rings is 1. The van der Waals surface area contributed by atoms with Gasteiger partial charge in [0.1, 0.15) is 0 Å². The standard InChI is InChI=1S/C10H10Cl2O2/c11-8-3-1-2-7(10(8)12)9(13)4-6-5-14-6/h1-3,6,9,13H,4-5H2. The molecule has 1 aliphatic rings. The molecule has 1 aromatic carbocycles. The van der Waals surface area contributed by atoms with E-state index in [0.29, 0.717) is 22.0 Å². The van der Waals surface area contributed by atoms with E-state index in [4.69, 9.17) is 27.9 Å². The zero-order chi connectivity index (χ0) is 10.1. The molecule has 0 radical (unpaired) electrons. The van der Waals surface area contributed by atoms with E-state index >= 15 is 0 Å². The molecule has 0 saturated carbocycles. The van der Waals surface area contributed by atoms with Crippen molar-refractivity contribution < 1.29 is 9.84 Å². The summed E-state index contributed by atoms with van der Waals surface area (Å²) in [6, 6.07) is 5.26. The summed E-state index contributed by atoms with van der Waals surface area (Å²) in [6.07, 6.45) is 0.175. The van der Waals surface area contributed by atoms with Crippen molar-refractivity contribution in [2.24, 2.45) is 0 Å². The molecule has 1 N–H and O–H groups in total. The Labute approximate surface area is 92.4 Å². The Morgan fingerprint density at radius 2 is 2.21 bits per heavy atom. The minimum Gasteiger partial charge on any atom is -0.388 e. The Kier molecular flexibility index (Phi) is 2.98. The third kappa shape index (κ3) is 2.20. The lowest BCUT2D eigenvalue weighted by molar-refractivity contribution is 0.154. The molecule has 2 atom stereocenters. The molecule has 0 aliphatic carbocycles. The van der Waals surface area contributed by atoms with E-state index < -0.39 is 6.10 Å². The average Bonchev–Trinajstić information content (AvgIpc) is 2.93. The second-order valence-electron chi connectivity index (χ2n) is 3.35. The topological polar surface area (TPSA) is 32.8 Å². The maximum atomic E-state index is 9.81. The SMILES string of the molecule is OC(CC1CO1)c1cccc(Cl)c1Cl. The van der Waals surface area contributed by atoms with Gasteiger partial charge < -0.3 is 9.84 Å². The molecular formula is C10H10Cl2O2. The number of halogens is 2. The zero-order valence-electron chi connectivity index (χ0n) is 7.41.